The number of methoxy groups -OCH3 is 1. The largest absolute Gasteiger partial charge is 0.493 e. The Bertz CT molecular complexity index is 1430. The fourth-order valence-corrected chi connectivity index (χ4v) is 4.52. The molecule has 3 heterocycles. The molecule has 0 atom stereocenters. The van der Waals surface area contributed by atoms with E-state index in [1.54, 1.807) is 25.7 Å². The van der Waals surface area contributed by atoms with Gasteiger partial charge in [-0.15, -0.1) is 0 Å². The molecular formula is C29H33N7O4. The van der Waals surface area contributed by atoms with Gasteiger partial charge in [-0.05, 0) is 44.4 Å². The van der Waals surface area contributed by atoms with Crippen molar-refractivity contribution in [3.8, 4) is 17.2 Å². The normalized spacial score (nSPS) is 13.8. The van der Waals surface area contributed by atoms with Crippen LogP contribution in [0.3, 0.4) is 0 Å². The Morgan fingerprint density at radius 1 is 1.05 bits per heavy atom. The minimum absolute atomic E-state index is 0.0230. The summed E-state index contributed by atoms with van der Waals surface area (Å²) < 4.78 is 17.8. The molecule has 1 saturated heterocycles. The average Bonchev–Trinajstić information content (AvgIpc) is 2.97. The third-order valence-corrected chi connectivity index (χ3v) is 6.58. The van der Waals surface area contributed by atoms with Gasteiger partial charge in [-0.3, -0.25) is 14.8 Å². The van der Waals surface area contributed by atoms with Crippen molar-refractivity contribution >= 4 is 28.3 Å². The second-order valence-electron chi connectivity index (χ2n) is 9.81. The van der Waals surface area contributed by atoms with Crippen molar-refractivity contribution in [2.24, 2.45) is 0 Å². The number of rotatable bonds is 10. The monoisotopic (exact) mass is 543 g/mol. The maximum atomic E-state index is 12.4. The molecule has 11 nitrogen and oxygen atoms in total. The van der Waals surface area contributed by atoms with Crippen LogP contribution >= 0.6 is 0 Å². The lowest BCUT2D eigenvalue weighted by Gasteiger charge is -2.33. The minimum atomic E-state index is -0.0230. The first-order chi connectivity index (χ1) is 19.5. The molecule has 40 heavy (non-hydrogen) atoms. The van der Waals surface area contributed by atoms with Crippen LogP contribution in [0.25, 0.3) is 10.9 Å². The van der Waals surface area contributed by atoms with Crippen molar-refractivity contribution in [2.75, 3.05) is 46.2 Å². The number of carbonyl (C=O) groups is 1. The number of nitrogens with zero attached hydrogens (tertiary/aromatic N) is 6. The molecule has 2 aromatic carbocycles. The number of hydrogen-bond acceptors (Lipinski definition) is 10. The van der Waals surface area contributed by atoms with Crippen molar-refractivity contribution in [2.45, 2.75) is 25.6 Å². The average molecular weight is 544 g/mol. The molecule has 0 aliphatic carbocycles. The van der Waals surface area contributed by atoms with Crippen LogP contribution in [0.4, 0.5) is 11.5 Å². The number of likely N-dealkylation sites (tertiary alicyclic amines) is 1. The molecule has 5 rings (SSSR count). The fourth-order valence-electron chi connectivity index (χ4n) is 4.52. The highest BCUT2D eigenvalue weighted by molar-refractivity contribution is 5.93. The van der Waals surface area contributed by atoms with Gasteiger partial charge < -0.3 is 29.3 Å². The van der Waals surface area contributed by atoms with Gasteiger partial charge in [0.05, 0.1) is 31.1 Å². The van der Waals surface area contributed by atoms with Crippen LogP contribution < -0.4 is 19.5 Å². The molecule has 11 heteroatoms. The van der Waals surface area contributed by atoms with E-state index in [1.165, 1.54) is 6.33 Å². The summed E-state index contributed by atoms with van der Waals surface area (Å²) in [5.74, 6) is 2.74. The molecule has 208 valence electrons. The zero-order valence-corrected chi connectivity index (χ0v) is 22.9. The van der Waals surface area contributed by atoms with Crippen LogP contribution in [0.1, 0.15) is 18.5 Å². The minimum Gasteiger partial charge on any atom is -0.493 e. The van der Waals surface area contributed by atoms with E-state index in [4.69, 9.17) is 14.2 Å². The third-order valence-electron chi connectivity index (χ3n) is 6.58. The van der Waals surface area contributed by atoms with Gasteiger partial charge in [-0.2, -0.15) is 0 Å². The lowest BCUT2D eigenvalue weighted by molar-refractivity contribution is -0.133. The molecule has 1 aliphatic rings. The lowest BCUT2D eigenvalue weighted by Crippen LogP contribution is -2.45. The van der Waals surface area contributed by atoms with E-state index >= 15 is 0 Å². The number of nitrogens with one attached hydrogen (secondary N) is 1. The van der Waals surface area contributed by atoms with Gasteiger partial charge in [0.2, 0.25) is 5.91 Å². The second-order valence-corrected chi connectivity index (χ2v) is 9.81. The van der Waals surface area contributed by atoms with Gasteiger partial charge in [0.15, 0.2) is 11.5 Å². The number of amides is 1. The summed E-state index contributed by atoms with van der Waals surface area (Å²) in [4.78, 5) is 33.4. The predicted octanol–water partition coefficient (Wildman–Crippen LogP) is 3.68. The van der Waals surface area contributed by atoms with Crippen LogP contribution in [0.2, 0.25) is 0 Å². The fraction of sp³-hybridized carbons (Fsp3) is 0.345. The Balaban J connectivity index is 1.27. The van der Waals surface area contributed by atoms with Crippen molar-refractivity contribution in [3.63, 3.8) is 0 Å². The number of fused-ring (bicyclic) bond motifs is 1. The van der Waals surface area contributed by atoms with Gasteiger partial charge in [0, 0.05) is 55.5 Å². The second kappa shape index (κ2) is 12.6. The maximum absolute atomic E-state index is 12.4. The Morgan fingerprint density at radius 3 is 2.55 bits per heavy atom. The number of anilines is 2. The highest BCUT2D eigenvalue weighted by atomic mass is 16.5. The van der Waals surface area contributed by atoms with Gasteiger partial charge in [0.1, 0.15) is 30.6 Å². The van der Waals surface area contributed by atoms with Crippen LogP contribution in [0.15, 0.2) is 61.3 Å². The van der Waals surface area contributed by atoms with E-state index < -0.39 is 0 Å². The van der Waals surface area contributed by atoms with Gasteiger partial charge in [0.25, 0.3) is 0 Å². The Hall–Kier alpha value is -4.51. The predicted molar refractivity (Wildman–Crippen MR) is 151 cm³/mol. The first-order valence-corrected chi connectivity index (χ1v) is 13.1. The number of carbonyl (C=O) groups excluding carboxylic acids is 1. The van der Waals surface area contributed by atoms with Crippen LogP contribution in [0, 0.1) is 0 Å². The van der Waals surface area contributed by atoms with Gasteiger partial charge >= 0.3 is 0 Å². The van der Waals surface area contributed by atoms with Crippen molar-refractivity contribution < 1.29 is 19.0 Å². The van der Waals surface area contributed by atoms with Gasteiger partial charge in [-0.1, -0.05) is 0 Å². The van der Waals surface area contributed by atoms with E-state index in [2.05, 4.69) is 25.3 Å². The molecule has 1 amide bonds. The summed E-state index contributed by atoms with van der Waals surface area (Å²) in [6, 6.07) is 11.4. The van der Waals surface area contributed by atoms with Crippen molar-refractivity contribution in [3.05, 3.63) is 67.0 Å². The van der Waals surface area contributed by atoms with E-state index in [1.807, 2.05) is 60.3 Å². The lowest BCUT2D eigenvalue weighted by atomic mass is 10.1. The van der Waals surface area contributed by atoms with Gasteiger partial charge in [-0.25, -0.2) is 9.97 Å². The Kier molecular flexibility index (Phi) is 8.50. The number of hydrogen-bond donors (Lipinski definition) is 1. The summed E-state index contributed by atoms with van der Waals surface area (Å²) >= 11 is 0. The van der Waals surface area contributed by atoms with Crippen molar-refractivity contribution in [1.82, 2.24) is 29.7 Å². The van der Waals surface area contributed by atoms with Crippen LogP contribution in [-0.4, -0.2) is 82.6 Å². The summed E-state index contributed by atoms with van der Waals surface area (Å²) in [5, 5.41) is 4.18. The summed E-state index contributed by atoms with van der Waals surface area (Å²) in [6.45, 7) is 2.09. The molecule has 2 aromatic heterocycles. The number of aromatic nitrogens is 4. The standard InChI is InChI=1S/C29H33N7O4/c1-35(2)17-28(37)36-12-8-23(9-13-36)40-27-14-24-25(15-26(27)38-3)32-19-33-29(24)34-20-4-6-22(7-5-20)39-18-21-16-30-10-11-31-21/h4-7,10-11,14-16,19,23H,8-9,12-13,17-18H2,1-3H3,(H,32,33,34). The molecule has 0 bridgehead atoms. The molecule has 0 unspecified atom stereocenters. The Morgan fingerprint density at radius 2 is 1.85 bits per heavy atom. The molecular weight excluding hydrogens is 510 g/mol. The topological polar surface area (TPSA) is 115 Å². The van der Waals surface area contributed by atoms with Crippen LogP contribution in [-0.2, 0) is 11.4 Å². The summed E-state index contributed by atoms with van der Waals surface area (Å²) in [7, 11) is 5.42. The molecule has 0 saturated carbocycles. The highest BCUT2D eigenvalue weighted by Gasteiger charge is 2.25. The maximum Gasteiger partial charge on any atom is 0.236 e. The molecule has 1 N–H and O–H groups in total. The SMILES string of the molecule is COc1cc2ncnc(Nc3ccc(OCc4cnccn4)cc3)c2cc1OC1CCN(C(=O)CN(C)C)CC1. The Labute approximate surface area is 233 Å². The molecule has 0 radical (unpaired) electrons. The smallest absolute Gasteiger partial charge is 0.236 e. The zero-order chi connectivity index (χ0) is 27.9. The quantitative estimate of drug-likeness (QED) is 0.318. The zero-order valence-electron chi connectivity index (χ0n) is 22.9. The van der Waals surface area contributed by atoms with E-state index in [-0.39, 0.29) is 12.0 Å². The molecule has 1 fully saturated rings. The van der Waals surface area contributed by atoms with Crippen molar-refractivity contribution in [1.29, 1.82) is 0 Å². The summed E-state index contributed by atoms with van der Waals surface area (Å²) in [6.07, 6.45) is 7.95. The number of piperidine rings is 1. The van der Waals surface area contributed by atoms with E-state index in [0.29, 0.717) is 43.6 Å². The third kappa shape index (κ3) is 6.73. The number of benzene rings is 2. The highest BCUT2D eigenvalue weighted by Crippen LogP contribution is 2.36. The first-order valence-electron chi connectivity index (χ1n) is 13.1. The molecule has 0 spiro atoms. The number of likely N-dealkylation sites (N-methyl/N-ethyl adjacent to an activating group) is 1. The summed E-state index contributed by atoms with van der Waals surface area (Å²) in [5.41, 5.74) is 2.34. The molecule has 4 aromatic rings. The number of ether oxygens (including phenoxy) is 3. The first kappa shape index (κ1) is 27.1. The van der Waals surface area contributed by atoms with E-state index in [9.17, 15) is 4.79 Å². The van der Waals surface area contributed by atoms with E-state index in [0.717, 1.165) is 40.9 Å². The molecule has 1 aliphatic heterocycles. The van der Waals surface area contributed by atoms with Crippen LogP contribution in [0.5, 0.6) is 17.2 Å².